The van der Waals surface area contributed by atoms with Crippen molar-refractivity contribution in [2.45, 2.75) is 12.8 Å². The molecule has 0 amide bonds. The largest absolute Gasteiger partial charge is 0.496 e. The van der Waals surface area contributed by atoms with Crippen molar-refractivity contribution in [3.63, 3.8) is 0 Å². The second-order valence-corrected chi connectivity index (χ2v) is 5.26. The molecule has 0 saturated heterocycles. The first-order valence-electron chi connectivity index (χ1n) is 6.78. The lowest BCUT2D eigenvalue weighted by atomic mass is 10.1. The number of benzene rings is 1. The van der Waals surface area contributed by atoms with Gasteiger partial charge in [-0.2, -0.15) is 13.2 Å². The number of ketones is 1. The van der Waals surface area contributed by atoms with Crippen LogP contribution in [0.15, 0.2) is 36.5 Å². The van der Waals surface area contributed by atoms with Gasteiger partial charge in [0.2, 0.25) is 0 Å². The summed E-state index contributed by atoms with van der Waals surface area (Å²) in [5.41, 5.74) is -0.705. The Morgan fingerprint density at radius 1 is 1.29 bits per heavy atom. The lowest BCUT2D eigenvalue weighted by molar-refractivity contribution is -0.138. The molecule has 4 nitrogen and oxygen atoms in total. The molecule has 128 valence electrons. The van der Waals surface area contributed by atoms with E-state index in [1.165, 1.54) is 37.6 Å². The molecule has 0 spiro atoms. The summed E-state index contributed by atoms with van der Waals surface area (Å²) in [5.74, 6) is 0.383. The Bertz CT molecular complexity index is 735. The van der Waals surface area contributed by atoms with E-state index in [0.717, 1.165) is 6.07 Å². The normalized spacial score (nSPS) is 11.2. The van der Waals surface area contributed by atoms with Crippen molar-refractivity contribution in [3.8, 4) is 11.5 Å². The van der Waals surface area contributed by atoms with Crippen LogP contribution in [0.4, 0.5) is 13.2 Å². The van der Waals surface area contributed by atoms with E-state index in [2.05, 4.69) is 20.9 Å². The monoisotopic (exact) mass is 403 g/mol. The predicted molar refractivity (Wildman–Crippen MR) is 84.7 cm³/mol. The SMILES string of the molecule is COc1cc(OCc2ncccc2C(F)(F)F)ccc1C(=O)CBr. The molecule has 0 aliphatic heterocycles. The fraction of sp³-hybridized carbons (Fsp3) is 0.250. The number of hydrogen-bond acceptors (Lipinski definition) is 4. The molecular formula is C16H13BrF3NO3. The minimum absolute atomic E-state index is 0.131. The van der Waals surface area contributed by atoms with Crippen molar-refractivity contribution in [1.82, 2.24) is 4.98 Å². The molecule has 0 saturated carbocycles. The van der Waals surface area contributed by atoms with Gasteiger partial charge in [0.15, 0.2) is 5.78 Å². The number of pyridine rings is 1. The van der Waals surface area contributed by atoms with Gasteiger partial charge in [-0.15, -0.1) is 0 Å². The van der Waals surface area contributed by atoms with Gasteiger partial charge in [0.25, 0.3) is 0 Å². The summed E-state index contributed by atoms with van der Waals surface area (Å²) in [5, 5.41) is 0.131. The molecule has 2 aromatic rings. The van der Waals surface area contributed by atoms with Crippen molar-refractivity contribution in [1.29, 1.82) is 0 Å². The maximum atomic E-state index is 12.9. The van der Waals surface area contributed by atoms with Gasteiger partial charge in [-0.25, -0.2) is 0 Å². The Balaban J connectivity index is 2.20. The van der Waals surface area contributed by atoms with Crippen LogP contribution in [0.1, 0.15) is 21.6 Å². The van der Waals surface area contributed by atoms with Crippen LogP contribution >= 0.6 is 15.9 Å². The Kier molecular flexibility index (Phi) is 5.82. The van der Waals surface area contributed by atoms with E-state index in [4.69, 9.17) is 9.47 Å². The van der Waals surface area contributed by atoms with Crippen LogP contribution < -0.4 is 9.47 Å². The van der Waals surface area contributed by atoms with Crippen LogP contribution in [-0.2, 0) is 12.8 Å². The molecule has 0 N–H and O–H groups in total. The molecule has 8 heteroatoms. The second-order valence-electron chi connectivity index (χ2n) is 4.70. The van der Waals surface area contributed by atoms with E-state index in [1.54, 1.807) is 0 Å². The van der Waals surface area contributed by atoms with E-state index >= 15 is 0 Å². The molecule has 24 heavy (non-hydrogen) atoms. The molecule has 0 fully saturated rings. The molecular weight excluding hydrogens is 391 g/mol. The highest BCUT2D eigenvalue weighted by Gasteiger charge is 2.33. The van der Waals surface area contributed by atoms with Crippen LogP contribution in [0.3, 0.4) is 0 Å². The summed E-state index contributed by atoms with van der Waals surface area (Å²) >= 11 is 3.07. The quantitative estimate of drug-likeness (QED) is 0.533. The van der Waals surface area contributed by atoms with E-state index in [0.29, 0.717) is 5.56 Å². The number of methoxy groups -OCH3 is 1. The molecule has 0 aliphatic carbocycles. The van der Waals surface area contributed by atoms with Gasteiger partial charge in [0.05, 0.1) is 29.3 Å². The van der Waals surface area contributed by atoms with Gasteiger partial charge >= 0.3 is 6.18 Å². The molecule has 1 aromatic carbocycles. The van der Waals surface area contributed by atoms with Crippen molar-refractivity contribution in [3.05, 3.63) is 53.3 Å². The first-order chi connectivity index (χ1) is 11.4. The molecule has 1 aromatic heterocycles. The van der Waals surface area contributed by atoms with Crippen molar-refractivity contribution in [2.75, 3.05) is 12.4 Å². The highest BCUT2D eigenvalue weighted by Crippen LogP contribution is 2.32. The Labute approximate surface area is 144 Å². The number of aromatic nitrogens is 1. The van der Waals surface area contributed by atoms with Gasteiger partial charge in [0.1, 0.15) is 18.1 Å². The summed E-state index contributed by atoms with van der Waals surface area (Å²) in [4.78, 5) is 15.5. The average molecular weight is 404 g/mol. The van der Waals surface area contributed by atoms with Gasteiger partial charge < -0.3 is 9.47 Å². The molecule has 0 atom stereocenters. The zero-order valence-electron chi connectivity index (χ0n) is 12.6. The Morgan fingerprint density at radius 2 is 2.04 bits per heavy atom. The maximum Gasteiger partial charge on any atom is 0.418 e. The van der Waals surface area contributed by atoms with Crippen LogP contribution in [-0.4, -0.2) is 23.2 Å². The molecule has 1 heterocycles. The Morgan fingerprint density at radius 3 is 2.67 bits per heavy atom. The number of hydrogen-bond donors (Lipinski definition) is 0. The van der Waals surface area contributed by atoms with Gasteiger partial charge in [-0.1, -0.05) is 15.9 Å². The molecule has 0 radical (unpaired) electrons. The molecule has 0 bridgehead atoms. The maximum absolute atomic E-state index is 12.9. The van der Waals surface area contributed by atoms with E-state index < -0.39 is 11.7 Å². The summed E-state index contributed by atoms with van der Waals surface area (Å²) in [7, 11) is 1.39. The number of rotatable bonds is 6. The lowest BCUT2D eigenvalue weighted by Crippen LogP contribution is -2.12. The van der Waals surface area contributed by atoms with Crippen LogP contribution in [0.2, 0.25) is 0 Å². The van der Waals surface area contributed by atoms with Crippen molar-refractivity contribution < 1.29 is 27.4 Å². The number of nitrogens with zero attached hydrogens (tertiary/aromatic N) is 1. The summed E-state index contributed by atoms with van der Waals surface area (Å²) in [6.07, 6.45) is -3.23. The molecule has 2 rings (SSSR count). The average Bonchev–Trinajstić information content (AvgIpc) is 2.58. The van der Waals surface area contributed by atoms with Gasteiger partial charge in [-0.3, -0.25) is 9.78 Å². The number of Topliss-reactive ketones (excluding diaryl/α,β-unsaturated/α-hetero) is 1. The summed E-state index contributed by atoms with van der Waals surface area (Å²) in [6.45, 7) is -0.357. The first-order valence-corrected chi connectivity index (χ1v) is 7.90. The number of ether oxygens (including phenoxy) is 2. The van der Waals surface area contributed by atoms with Crippen molar-refractivity contribution in [2.24, 2.45) is 0 Å². The smallest absolute Gasteiger partial charge is 0.418 e. The summed E-state index contributed by atoms with van der Waals surface area (Å²) in [6, 6.07) is 6.61. The van der Waals surface area contributed by atoms with Crippen molar-refractivity contribution >= 4 is 21.7 Å². The first kappa shape index (κ1) is 18.3. The second kappa shape index (κ2) is 7.65. The van der Waals surface area contributed by atoms with Gasteiger partial charge in [-0.05, 0) is 24.3 Å². The zero-order valence-corrected chi connectivity index (χ0v) is 14.1. The highest BCUT2D eigenvalue weighted by molar-refractivity contribution is 9.09. The third kappa shape index (κ3) is 4.25. The number of halogens is 4. The lowest BCUT2D eigenvalue weighted by Gasteiger charge is -2.13. The topological polar surface area (TPSA) is 48.4 Å². The third-order valence-corrected chi connectivity index (χ3v) is 3.68. The summed E-state index contributed by atoms with van der Waals surface area (Å²) < 4.78 is 49.2. The minimum atomic E-state index is -4.50. The van der Waals surface area contributed by atoms with E-state index in [1.807, 2.05) is 0 Å². The molecule has 0 unspecified atom stereocenters. The fourth-order valence-corrected chi connectivity index (χ4v) is 2.33. The fourth-order valence-electron chi connectivity index (χ4n) is 2.03. The number of carbonyl (C=O) groups excluding carboxylic acids is 1. The zero-order chi connectivity index (χ0) is 17.7. The van der Waals surface area contributed by atoms with Crippen LogP contribution in [0.5, 0.6) is 11.5 Å². The minimum Gasteiger partial charge on any atom is -0.496 e. The Hall–Kier alpha value is -2.09. The van der Waals surface area contributed by atoms with Crippen LogP contribution in [0, 0.1) is 0 Å². The third-order valence-electron chi connectivity index (χ3n) is 3.17. The highest BCUT2D eigenvalue weighted by atomic mass is 79.9. The van der Waals surface area contributed by atoms with E-state index in [-0.39, 0.29) is 34.9 Å². The number of carbonyl (C=O) groups is 1. The molecule has 0 aliphatic rings. The standard InChI is InChI=1S/C16H13BrF3NO3/c1-23-15-7-10(4-5-11(15)14(22)8-17)24-9-13-12(16(18,19)20)3-2-6-21-13/h2-7H,8-9H2,1H3. The van der Waals surface area contributed by atoms with Gasteiger partial charge in [0, 0.05) is 12.3 Å². The number of alkyl halides is 4. The predicted octanol–water partition coefficient (Wildman–Crippen LogP) is 4.27. The van der Waals surface area contributed by atoms with Crippen LogP contribution in [0.25, 0.3) is 0 Å². The van der Waals surface area contributed by atoms with E-state index in [9.17, 15) is 18.0 Å².